The van der Waals surface area contributed by atoms with Gasteiger partial charge in [-0.05, 0) is 31.2 Å². The highest BCUT2D eigenvalue weighted by Crippen LogP contribution is 2.42. The van der Waals surface area contributed by atoms with Crippen LogP contribution in [0.2, 0.25) is 5.02 Å². The summed E-state index contributed by atoms with van der Waals surface area (Å²) in [6, 6.07) is 7.44. The van der Waals surface area contributed by atoms with Crippen LogP contribution in [0.4, 0.5) is 13.2 Å². The lowest BCUT2D eigenvalue weighted by Gasteiger charge is -2.13. The van der Waals surface area contributed by atoms with E-state index in [0.717, 1.165) is 17.2 Å². The second-order valence-corrected chi connectivity index (χ2v) is 7.27. The van der Waals surface area contributed by atoms with E-state index in [1.165, 1.54) is 12.1 Å². The molecule has 0 saturated heterocycles. The molecular formula is C21H13ClF3N5. The van der Waals surface area contributed by atoms with Crippen molar-refractivity contribution in [3.63, 3.8) is 0 Å². The van der Waals surface area contributed by atoms with E-state index in [1.807, 2.05) is 6.07 Å². The first-order valence-corrected chi connectivity index (χ1v) is 9.35. The van der Waals surface area contributed by atoms with Crippen LogP contribution >= 0.6 is 11.6 Å². The summed E-state index contributed by atoms with van der Waals surface area (Å²) in [6.45, 7) is 1.72. The Morgan fingerprint density at radius 3 is 2.67 bits per heavy atom. The zero-order valence-corrected chi connectivity index (χ0v) is 16.3. The van der Waals surface area contributed by atoms with Gasteiger partial charge in [0.2, 0.25) is 0 Å². The molecule has 0 saturated carbocycles. The highest BCUT2D eigenvalue weighted by molar-refractivity contribution is 6.33. The molecule has 1 aromatic carbocycles. The Bertz CT molecular complexity index is 1400. The number of hydrogen-bond acceptors (Lipinski definition) is 3. The molecule has 5 rings (SSSR count). The molecule has 150 valence electrons. The van der Waals surface area contributed by atoms with Crippen molar-refractivity contribution in [2.24, 2.45) is 0 Å². The Balaban J connectivity index is 1.82. The van der Waals surface area contributed by atoms with Crippen LogP contribution in [0.3, 0.4) is 0 Å². The van der Waals surface area contributed by atoms with E-state index >= 15 is 0 Å². The molecule has 0 bridgehead atoms. The first-order chi connectivity index (χ1) is 14.3. The van der Waals surface area contributed by atoms with Gasteiger partial charge in [-0.25, -0.2) is 4.98 Å². The molecule has 0 atom stereocenters. The number of hydrogen-bond donors (Lipinski definition) is 1. The van der Waals surface area contributed by atoms with Gasteiger partial charge in [0.25, 0.3) is 0 Å². The summed E-state index contributed by atoms with van der Waals surface area (Å²) >= 11 is 6.21. The van der Waals surface area contributed by atoms with Gasteiger partial charge in [0.1, 0.15) is 5.65 Å². The molecule has 1 N–H and O–H groups in total. The fourth-order valence-corrected chi connectivity index (χ4v) is 3.89. The number of imidazole rings is 1. The van der Waals surface area contributed by atoms with Crippen molar-refractivity contribution in [3.8, 4) is 22.4 Å². The SMILES string of the molecule is Cc1c(-c2c(Cl)cccc2C(F)(F)F)nc2c3cc(-c4cn[nH]c4)cnc3ccn12. The number of halogens is 4. The quantitative estimate of drug-likeness (QED) is 0.380. The average Bonchev–Trinajstić information content (AvgIpc) is 3.35. The second-order valence-electron chi connectivity index (χ2n) is 6.86. The van der Waals surface area contributed by atoms with Crippen LogP contribution in [0.15, 0.2) is 55.1 Å². The van der Waals surface area contributed by atoms with Crippen molar-refractivity contribution >= 4 is 28.2 Å². The number of aryl methyl sites for hydroxylation is 1. The zero-order chi connectivity index (χ0) is 21.0. The summed E-state index contributed by atoms with van der Waals surface area (Å²) in [5.41, 5.74) is 2.66. The third-order valence-corrected chi connectivity index (χ3v) is 5.39. The number of aromatic nitrogens is 5. The molecule has 0 unspecified atom stereocenters. The van der Waals surface area contributed by atoms with E-state index < -0.39 is 11.7 Å². The number of aromatic amines is 1. The lowest BCUT2D eigenvalue weighted by Crippen LogP contribution is -2.08. The molecule has 0 fully saturated rings. The van der Waals surface area contributed by atoms with E-state index in [1.54, 1.807) is 42.2 Å². The van der Waals surface area contributed by atoms with E-state index in [9.17, 15) is 13.2 Å². The number of pyridine rings is 2. The van der Waals surface area contributed by atoms with Gasteiger partial charge in [-0.2, -0.15) is 18.3 Å². The van der Waals surface area contributed by atoms with Crippen molar-refractivity contribution in [2.75, 3.05) is 0 Å². The summed E-state index contributed by atoms with van der Waals surface area (Å²) in [7, 11) is 0. The summed E-state index contributed by atoms with van der Waals surface area (Å²) < 4.78 is 42.7. The highest BCUT2D eigenvalue weighted by Gasteiger charge is 2.35. The summed E-state index contributed by atoms with van der Waals surface area (Å²) in [6.07, 6.45) is 2.32. The van der Waals surface area contributed by atoms with Gasteiger partial charge in [-0.1, -0.05) is 17.7 Å². The molecule has 0 radical (unpaired) electrons. The Kier molecular flexibility index (Phi) is 4.08. The van der Waals surface area contributed by atoms with Gasteiger partial charge >= 0.3 is 6.18 Å². The Hall–Kier alpha value is -3.39. The monoisotopic (exact) mass is 427 g/mol. The van der Waals surface area contributed by atoms with E-state index in [-0.39, 0.29) is 16.3 Å². The van der Waals surface area contributed by atoms with Crippen molar-refractivity contribution < 1.29 is 13.2 Å². The number of rotatable bonds is 2. The maximum Gasteiger partial charge on any atom is 0.417 e. The molecule has 4 heterocycles. The number of nitrogens with zero attached hydrogens (tertiary/aromatic N) is 4. The Morgan fingerprint density at radius 1 is 1.10 bits per heavy atom. The van der Waals surface area contributed by atoms with Gasteiger partial charge in [0.05, 0.1) is 28.0 Å². The molecule has 0 aliphatic rings. The number of nitrogens with one attached hydrogen (secondary N) is 1. The summed E-state index contributed by atoms with van der Waals surface area (Å²) in [4.78, 5) is 9.06. The third-order valence-electron chi connectivity index (χ3n) is 5.08. The van der Waals surface area contributed by atoms with Gasteiger partial charge in [-0.15, -0.1) is 0 Å². The molecule has 4 aromatic heterocycles. The van der Waals surface area contributed by atoms with Gasteiger partial charge in [0.15, 0.2) is 0 Å². The molecule has 0 spiro atoms. The normalized spacial score (nSPS) is 12.2. The minimum Gasteiger partial charge on any atom is -0.303 e. The Morgan fingerprint density at radius 2 is 1.93 bits per heavy atom. The van der Waals surface area contributed by atoms with Crippen LogP contribution in [0.25, 0.3) is 38.9 Å². The predicted octanol–water partition coefficient (Wildman–Crippen LogP) is 5.92. The largest absolute Gasteiger partial charge is 0.417 e. The molecule has 0 aliphatic carbocycles. The average molecular weight is 428 g/mol. The van der Waals surface area contributed by atoms with Gasteiger partial charge < -0.3 is 4.40 Å². The second kappa shape index (κ2) is 6.56. The summed E-state index contributed by atoms with van der Waals surface area (Å²) in [5.74, 6) is 0. The molecule has 9 heteroatoms. The fourth-order valence-electron chi connectivity index (χ4n) is 3.62. The number of H-pyrrole nitrogens is 1. The van der Waals surface area contributed by atoms with Crippen LogP contribution in [0, 0.1) is 6.92 Å². The minimum absolute atomic E-state index is 0.00199. The Labute approximate surface area is 173 Å². The van der Waals surface area contributed by atoms with Gasteiger partial charge in [-0.3, -0.25) is 10.1 Å². The van der Waals surface area contributed by atoms with Crippen molar-refractivity contribution in [1.82, 2.24) is 24.6 Å². The van der Waals surface area contributed by atoms with E-state index in [4.69, 9.17) is 11.6 Å². The van der Waals surface area contributed by atoms with Crippen LogP contribution < -0.4 is 0 Å². The topological polar surface area (TPSA) is 58.9 Å². The van der Waals surface area contributed by atoms with Crippen LogP contribution in [-0.4, -0.2) is 24.6 Å². The van der Waals surface area contributed by atoms with Crippen LogP contribution in [-0.2, 0) is 6.18 Å². The fraction of sp³-hybridized carbons (Fsp3) is 0.0952. The van der Waals surface area contributed by atoms with Crippen molar-refractivity contribution in [2.45, 2.75) is 13.1 Å². The molecule has 0 aliphatic heterocycles. The van der Waals surface area contributed by atoms with E-state index in [2.05, 4.69) is 20.2 Å². The standard InChI is InChI=1S/C21H13ClF3N5/c1-11-19(18-15(21(23,24)25)3-2-4-16(18)22)29-20-14-7-12(13-9-27-28-10-13)8-26-17(14)5-6-30(11)20/h2-10H,1H3,(H,27,28). The lowest BCUT2D eigenvalue weighted by molar-refractivity contribution is -0.137. The smallest absolute Gasteiger partial charge is 0.303 e. The molecular weight excluding hydrogens is 415 g/mol. The first kappa shape index (κ1) is 18.6. The maximum absolute atomic E-state index is 13.7. The van der Waals surface area contributed by atoms with Crippen molar-refractivity contribution in [1.29, 1.82) is 0 Å². The van der Waals surface area contributed by atoms with Gasteiger partial charge in [0, 0.05) is 46.4 Å². The molecule has 5 aromatic rings. The highest BCUT2D eigenvalue weighted by atomic mass is 35.5. The maximum atomic E-state index is 13.7. The zero-order valence-electron chi connectivity index (χ0n) is 15.5. The van der Waals surface area contributed by atoms with Crippen LogP contribution in [0.5, 0.6) is 0 Å². The molecule has 30 heavy (non-hydrogen) atoms. The van der Waals surface area contributed by atoms with Crippen LogP contribution in [0.1, 0.15) is 11.3 Å². The van der Waals surface area contributed by atoms with Crippen molar-refractivity contribution in [3.05, 3.63) is 71.4 Å². The number of fused-ring (bicyclic) bond motifs is 3. The number of benzene rings is 1. The predicted molar refractivity (Wildman–Crippen MR) is 108 cm³/mol. The first-order valence-electron chi connectivity index (χ1n) is 8.97. The number of alkyl halides is 3. The third kappa shape index (κ3) is 2.83. The molecule has 5 nitrogen and oxygen atoms in total. The lowest BCUT2D eigenvalue weighted by atomic mass is 10.0. The molecule has 0 amide bonds. The van der Waals surface area contributed by atoms with E-state index in [0.29, 0.717) is 22.2 Å². The minimum atomic E-state index is -4.56. The summed E-state index contributed by atoms with van der Waals surface area (Å²) in [5, 5.41) is 7.41.